The van der Waals surface area contributed by atoms with Crippen LogP contribution in [0.25, 0.3) is 22.4 Å². The van der Waals surface area contributed by atoms with E-state index >= 15 is 0 Å². The highest BCUT2D eigenvalue weighted by molar-refractivity contribution is 5.93. The average molecular weight is 258 g/mol. The number of hydrogen-bond donors (Lipinski definition) is 1. The molecule has 2 heterocycles. The van der Waals surface area contributed by atoms with Gasteiger partial charge in [0.15, 0.2) is 17.2 Å². The normalized spacial score (nSPS) is 11.1. The number of aromatic carboxylic acids is 1. The highest BCUT2D eigenvalue weighted by atomic mass is 16.4. The molecule has 2 aromatic heterocycles. The molecule has 0 aliphatic rings. The van der Waals surface area contributed by atoms with E-state index < -0.39 is 5.97 Å². The van der Waals surface area contributed by atoms with Gasteiger partial charge in [-0.25, -0.2) is 9.78 Å². The van der Waals surface area contributed by atoms with Gasteiger partial charge in [-0.05, 0) is 18.2 Å². The first-order valence-electron chi connectivity index (χ1n) is 5.57. The Morgan fingerprint density at radius 3 is 2.89 bits per heavy atom. The predicted molar refractivity (Wildman–Crippen MR) is 65.7 cm³/mol. The van der Waals surface area contributed by atoms with Gasteiger partial charge >= 0.3 is 5.97 Å². The van der Waals surface area contributed by atoms with Crippen LogP contribution < -0.4 is 0 Å². The van der Waals surface area contributed by atoms with Crippen LogP contribution in [0.4, 0.5) is 0 Å². The standard InChI is InChI=1S/C12H10N4O3/c1-6-13-8-5-7(3-4-9(8)19-6)10-11(12(17)18)15-16(2)14-10/h3-5H,1-2H3,(H,17,18). The molecule has 96 valence electrons. The number of aryl methyl sites for hydroxylation is 2. The lowest BCUT2D eigenvalue weighted by atomic mass is 10.1. The van der Waals surface area contributed by atoms with Crippen molar-refractivity contribution in [3.8, 4) is 11.3 Å². The fourth-order valence-electron chi connectivity index (χ4n) is 1.93. The molecule has 7 heteroatoms. The quantitative estimate of drug-likeness (QED) is 0.750. The van der Waals surface area contributed by atoms with E-state index in [-0.39, 0.29) is 5.69 Å². The minimum Gasteiger partial charge on any atom is -0.476 e. The summed E-state index contributed by atoms with van der Waals surface area (Å²) in [6.07, 6.45) is 0. The summed E-state index contributed by atoms with van der Waals surface area (Å²) in [4.78, 5) is 16.6. The molecule has 0 unspecified atom stereocenters. The predicted octanol–water partition coefficient (Wildman–Crippen LogP) is 1.63. The van der Waals surface area contributed by atoms with Crippen molar-refractivity contribution in [2.75, 3.05) is 0 Å². The second-order valence-corrected chi connectivity index (χ2v) is 4.11. The van der Waals surface area contributed by atoms with Crippen LogP contribution in [0.15, 0.2) is 22.6 Å². The molecule has 7 nitrogen and oxygen atoms in total. The Hall–Kier alpha value is -2.70. The number of carboxylic acid groups (broad SMARTS) is 1. The monoisotopic (exact) mass is 258 g/mol. The van der Waals surface area contributed by atoms with Crippen molar-refractivity contribution < 1.29 is 14.3 Å². The second-order valence-electron chi connectivity index (χ2n) is 4.11. The first-order valence-corrected chi connectivity index (χ1v) is 5.57. The largest absolute Gasteiger partial charge is 0.476 e. The third kappa shape index (κ3) is 1.85. The lowest BCUT2D eigenvalue weighted by molar-refractivity contribution is 0.0690. The van der Waals surface area contributed by atoms with E-state index in [2.05, 4.69) is 15.2 Å². The van der Waals surface area contributed by atoms with Gasteiger partial charge in [0.05, 0.1) is 0 Å². The Morgan fingerprint density at radius 2 is 2.16 bits per heavy atom. The van der Waals surface area contributed by atoms with Gasteiger partial charge in [0, 0.05) is 19.5 Å². The summed E-state index contributed by atoms with van der Waals surface area (Å²) < 4.78 is 5.37. The van der Waals surface area contributed by atoms with Gasteiger partial charge in [0.2, 0.25) is 0 Å². The third-order valence-electron chi connectivity index (χ3n) is 2.68. The van der Waals surface area contributed by atoms with Crippen molar-refractivity contribution in [2.45, 2.75) is 6.92 Å². The Bertz CT molecular complexity index is 787. The van der Waals surface area contributed by atoms with Crippen LogP contribution in [0.2, 0.25) is 0 Å². The zero-order chi connectivity index (χ0) is 13.6. The highest BCUT2D eigenvalue weighted by Gasteiger charge is 2.19. The Balaban J connectivity index is 2.20. The van der Waals surface area contributed by atoms with Gasteiger partial charge in [0.1, 0.15) is 11.2 Å². The van der Waals surface area contributed by atoms with Gasteiger partial charge in [0.25, 0.3) is 0 Å². The van der Waals surface area contributed by atoms with E-state index in [0.29, 0.717) is 28.2 Å². The number of hydrogen-bond acceptors (Lipinski definition) is 5. The topological polar surface area (TPSA) is 94.0 Å². The highest BCUT2D eigenvalue weighted by Crippen LogP contribution is 2.25. The molecule has 1 aromatic carbocycles. The minimum absolute atomic E-state index is 0.0814. The van der Waals surface area contributed by atoms with Crippen molar-refractivity contribution >= 4 is 17.1 Å². The molecule has 0 radical (unpaired) electrons. The summed E-state index contributed by atoms with van der Waals surface area (Å²) in [5.74, 6) is -0.552. The average Bonchev–Trinajstić information content (AvgIpc) is 2.89. The van der Waals surface area contributed by atoms with Crippen molar-refractivity contribution in [3.05, 3.63) is 29.8 Å². The van der Waals surface area contributed by atoms with Crippen LogP contribution in [0.1, 0.15) is 16.4 Å². The summed E-state index contributed by atoms with van der Waals surface area (Å²) in [6.45, 7) is 1.75. The summed E-state index contributed by atoms with van der Waals surface area (Å²) in [5, 5.41) is 17.0. The van der Waals surface area contributed by atoms with Gasteiger partial charge in [-0.2, -0.15) is 9.90 Å². The van der Waals surface area contributed by atoms with Crippen LogP contribution in [0.5, 0.6) is 0 Å². The van der Waals surface area contributed by atoms with Crippen molar-refractivity contribution in [1.29, 1.82) is 0 Å². The Labute approximate surface area is 107 Å². The van der Waals surface area contributed by atoms with E-state index in [4.69, 9.17) is 9.52 Å². The molecule has 0 bridgehead atoms. The number of aromatic nitrogens is 4. The number of carboxylic acids is 1. The van der Waals surface area contributed by atoms with Crippen LogP contribution >= 0.6 is 0 Å². The molecule has 0 atom stereocenters. The second kappa shape index (κ2) is 3.91. The lowest BCUT2D eigenvalue weighted by Gasteiger charge is -1.96. The van der Waals surface area contributed by atoms with Crippen LogP contribution in [0, 0.1) is 6.92 Å². The van der Waals surface area contributed by atoms with Gasteiger partial charge in [-0.1, -0.05) is 0 Å². The van der Waals surface area contributed by atoms with E-state index in [1.165, 1.54) is 4.80 Å². The fourth-order valence-corrected chi connectivity index (χ4v) is 1.93. The maximum Gasteiger partial charge on any atom is 0.358 e. The van der Waals surface area contributed by atoms with Gasteiger partial charge in [-0.3, -0.25) is 0 Å². The molecule has 0 saturated heterocycles. The molecule has 0 aliphatic carbocycles. The number of benzene rings is 1. The molecule has 3 aromatic rings. The van der Waals surface area contributed by atoms with Gasteiger partial charge < -0.3 is 9.52 Å². The SMILES string of the molecule is Cc1nc2cc(-c3nn(C)nc3C(=O)O)ccc2o1. The number of rotatable bonds is 2. The number of fused-ring (bicyclic) bond motifs is 1. The summed E-state index contributed by atoms with van der Waals surface area (Å²) in [5.41, 5.74) is 2.20. The summed E-state index contributed by atoms with van der Waals surface area (Å²) in [7, 11) is 1.58. The van der Waals surface area contributed by atoms with Crippen LogP contribution in [-0.2, 0) is 7.05 Å². The van der Waals surface area contributed by atoms with Gasteiger partial charge in [-0.15, -0.1) is 5.10 Å². The number of oxazole rings is 1. The zero-order valence-corrected chi connectivity index (χ0v) is 10.3. The molecular formula is C12H10N4O3. The third-order valence-corrected chi connectivity index (χ3v) is 2.68. The maximum atomic E-state index is 11.1. The van der Waals surface area contributed by atoms with Crippen LogP contribution in [0.3, 0.4) is 0 Å². The van der Waals surface area contributed by atoms with E-state index in [0.717, 1.165) is 0 Å². The van der Waals surface area contributed by atoms with Crippen LogP contribution in [-0.4, -0.2) is 31.1 Å². The first-order chi connectivity index (χ1) is 9.04. The fraction of sp³-hybridized carbons (Fsp3) is 0.167. The molecule has 0 amide bonds. The van der Waals surface area contributed by atoms with E-state index in [9.17, 15) is 4.79 Å². The molecule has 1 N–H and O–H groups in total. The zero-order valence-electron chi connectivity index (χ0n) is 10.3. The Morgan fingerprint density at radius 1 is 1.37 bits per heavy atom. The number of carbonyl (C=O) groups is 1. The lowest BCUT2D eigenvalue weighted by Crippen LogP contribution is -2.00. The molecule has 0 saturated carbocycles. The molecule has 3 rings (SSSR count). The maximum absolute atomic E-state index is 11.1. The van der Waals surface area contributed by atoms with Crippen molar-refractivity contribution in [2.24, 2.45) is 7.05 Å². The minimum atomic E-state index is -1.11. The summed E-state index contributed by atoms with van der Waals surface area (Å²) >= 11 is 0. The Kier molecular flexibility index (Phi) is 2.34. The first kappa shape index (κ1) is 11.4. The molecular weight excluding hydrogens is 248 g/mol. The van der Waals surface area contributed by atoms with Crippen molar-refractivity contribution in [1.82, 2.24) is 20.0 Å². The molecule has 0 fully saturated rings. The molecule has 0 spiro atoms. The molecule has 0 aliphatic heterocycles. The van der Waals surface area contributed by atoms with E-state index in [1.54, 1.807) is 32.2 Å². The van der Waals surface area contributed by atoms with E-state index in [1.807, 2.05) is 0 Å². The molecule has 19 heavy (non-hydrogen) atoms. The smallest absolute Gasteiger partial charge is 0.358 e. The number of nitrogens with zero attached hydrogens (tertiary/aromatic N) is 4. The van der Waals surface area contributed by atoms with Crippen molar-refractivity contribution in [3.63, 3.8) is 0 Å². The summed E-state index contributed by atoms with van der Waals surface area (Å²) in [6, 6.07) is 5.22.